The molecule has 0 saturated carbocycles. The van der Waals surface area contributed by atoms with Crippen LogP contribution in [0.3, 0.4) is 0 Å². The van der Waals surface area contributed by atoms with Crippen molar-refractivity contribution in [2.75, 3.05) is 6.61 Å². The molecule has 1 rings (SSSR count). The molecule has 2 heteroatoms. The lowest BCUT2D eigenvalue weighted by molar-refractivity contribution is 0.118. The van der Waals surface area contributed by atoms with E-state index < -0.39 is 0 Å². The van der Waals surface area contributed by atoms with E-state index >= 15 is 0 Å². The topological polar surface area (TPSA) is 40.5 Å². The molecule has 0 aliphatic heterocycles. The first kappa shape index (κ1) is 9.75. The van der Waals surface area contributed by atoms with Gasteiger partial charge in [0.05, 0.1) is 6.10 Å². The smallest absolute Gasteiger partial charge is 0.0750 e. The Balaban J connectivity index is 2.52. The van der Waals surface area contributed by atoms with Crippen LogP contribution in [-0.2, 0) is 0 Å². The Morgan fingerprint density at radius 2 is 2.33 bits per heavy atom. The molecular formula is C10H18O2. The Kier molecular flexibility index (Phi) is 3.29. The molecule has 1 aliphatic carbocycles. The van der Waals surface area contributed by atoms with Gasteiger partial charge < -0.3 is 10.2 Å². The molecule has 3 atom stereocenters. The number of hydrogen-bond acceptors (Lipinski definition) is 2. The number of rotatable bonds is 2. The maximum Gasteiger partial charge on any atom is 0.0750 e. The summed E-state index contributed by atoms with van der Waals surface area (Å²) in [4.78, 5) is 0. The lowest BCUT2D eigenvalue weighted by Gasteiger charge is -2.28. The molecule has 2 N–H and O–H groups in total. The monoisotopic (exact) mass is 170 g/mol. The van der Waals surface area contributed by atoms with Crippen molar-refractivity contribution in [1.82, 2.24) is 0 Å². The molecule has 1 aliphatic rings. The Labute approximate surface area is 73.9 Å². The van der Waals surface area contributed by atoms with Crippen LogP contribution in [0.4, 0.5) is 0 Å². The van der Waals surface area contributed by atoms with Gasteiger partial charge in [-0.15, -0.1) is 0 Å². The first-order valence-corrected chi connectivity index (χ1v) is 4.60. The van der Waals surface area contributed by atoms with E-state index in [-0.39, 0.29) is 12.7 Å². The van der Waals surface area contributed by atoms with Crippen LogP contribution in [0.15, 0.2) is 11.6 Å². The van der Waals surface area contributed by atoms with Crippen molar-refractivity contribution in [1.29, 1.82) is 0 Å². The third-order valence-corrected chi connectivity index (χ3v) is 2.89. The van der Waals surface area contributed by atoms with Gasteiger partial charge in [-0.25, -0.2) is 0 Å². The zero-order valence-corrected chi connectivity index (χ0v) is 7.83. The Morgan fingerprint density at radius 1 is 1.67 bits per heavy atom. The van der Waals surface area contributed by atoms with Gasteiger partial charge in [0.2, 0.25) is 0 Å². The summed E-state index contributed by atoms with van der Waals surface area (Å²) in [5.41, 5.74) is 1.08. The molecule has 0 aromatic rings. The SMILES string of the molecule is CC1=CC[C@@H]([C@@H](C)CO)C[C@H]1O. The highest BCUT2D eigenvalue weighted by atomic mass is 16.3. The Bertz CT molecular complexity index is 175. The first-order chi connectivity index (χ1) is 5.65. The standard InChI is InChI=1S/C10H18O2/c1-7-3-4-9(5-10(7)12)8(2)6-11/h3,8-12H,4-6H2,1-2H3/t8-,9+,10+/m0/s1. The molecule has 0 amide bonds. The zero-order chi connectivity index (χ0) is 9.14. The molecule has 0 radical (unpaired) electrons. The van der Waals surface area contributed by atoms with Crippen LogP contribution in [0, 0.1) is 11.8 Å². The highest BCUT2D eigenvalue weighted by Crippen LogP contribution is 2.29. The van der Waals surface area contributed by atoms with Crippen LogP contribution in [-0.4, -0.2) is 22.9 Å². The average Bonchev–Trinajstić information content (AvgIpc) is 2.08. The first-order valence-electron chi connectivity index (χ1n) is 4.60. The molecule has 12 heavy (non-hydrogen) atoms. The molecular weight excluding hydrogens is 152 g/mol. The van der Waals surface area contributed by atoms with E-state index in [2.05, 4.69) is 6.08 Å². The van der Waals surface area contributed by atoms with Gasteiger partial charge in [0.25, 0.3) is 0 Å². The molecule has 70 valence electrons. The minimum Gasteiger partial charge on any atom is -0.396 e. The maximum atomic E-state index is 9.54. The minimum atomic E-state index is -0.280. The highest BCUT2D eigenvalue weighted by Gasteiger charge is 2.23. The van der Waals surface area contributed by atoms with Crippen LogP contribution < -0.4 is 0 Å². The second kappa shape index (κ2) is 4.06. The van der Waals surface area contributed by atoms with Gasteiger partial charge in [-0.3, -0.25) is 0 Å². The van der Waals surface area contributed by atoms with Crippen LogP contribution in [0.5, 0.6) is 0 Å². The lowest BCUT2D eigenvalue weighted by atomic mass is 9.81. The van der Waals surface area contributed by atoms with Gasteiger partial charge in [-0.2, -0.15) is 0 Å². The summed E-state index contributed by atoms with van der Waals surface area (Å²) in [5.74, 6) is 0.762. The van der Waals surface area contributed by atoms with Crippen molar-refractivity contribution in [3.05, 3.63) is 11.6 Å². The van der Waals surface area contributed by atoms with E-state index in [4.69, 9.17) is 5.11 Å². The van der Waals surface area contributed by atoms with E-state index in [0.717, 1.165) is 18.4 Å². The summed E-state index contributed by atoms with van der Waals surface area (Å²) in [6, 6.07) is 0. The van der Waals surface area contributed by atoms with Gasteiger partial charge in [0.15, 0.2) is 0 Å². The fourth-order valence-corrected chi connectivity index (χ4v) is 1.66. The van der Waals surface area contributed by atoms with Gasteiger partial charge in [0, 0.05) is 6.61 Å². The summed E-state index contributed by atoms with van der Waals surface area (Å²) in [6.07, 6.45) is 3.62. The zero-order valence-electron chi connectivity index (χ0n) is 7.83. The van der Waals surface area contributed by atoms with Gasteiger partial charge in [0.1, 0.15) is 0 Å². The molecule has 0 bridgehead atoms. The molecule has 0 spiro atoms. The van der Waals surface area contributed by atoms with Crippen molar-refractivity contribution in [3.63, 3.8) is 0 Å². The summed E-state index contributed by atoms with van der Waals surface area (Å²) in [5, 5.41) is 18.5. The Hall–Kier alpha value is -0.340. The number of hydrogen-bond donors (Lipinski definition) is 2. The third kappa shape index (κ3) is 2.08. The van der Waals surface area contributed by atoms with Crippen molar-refractivity contribution in [2.24, 2.45) is 11.8 Å². The van der Waals surface area contributed by atoms with E-state index in [1.807, 2.05) is 13.8 Å². The highest BCUT2D eigenvalue weighted by molar-refractivity contribution is 5.09. The fourth-order valence-electron chi connectivity index (χ4n) is 1.66. The molecule has 0 aromatic carbocycles. The van der Waals surface area contributed by atoms with Crippen LogP contribution in [0.25, 0.3) is 0 Å². The van der Waals surface area contributed by atoms with E-state index in [0.29, 0.717) is 11.8 Å². The second-order valence-electron chi connectivity index (χ2n) is 3.86. The lowest BCUT2D eigenvalue weighted by Crippen LogP contribution is -2.25. The van der Waals surface area contributed by atoms with Crippen LogP contribution >= 0.6 is 0 Å². The Morgan fingerprint density at radius 3 is 2.83 bits per heavy atom. The van der Waals surface area contributed by atoms with Crippen LogP contribution in [0.2, 0.25) is 0 Å². The number of allylic oxidation sites excluding steroid dienone is 1. The predicted molar refractivity (Wildman–Crippen MR) is 48.7 cm³/mol. The summed E-state index contributed by atoms with van der Waals surface area (Å²) < 4.78 is 0. The van der Waals surface area contributed by atoms with Crippen molar-refractivity contribution in [2.45, 2.75) is 32.8 Å². The molecule has 0 heterocycles. The van der Waals surface area contributed by atoms with Crippen molar-refractivity contribution < 1.29 is 10.2 Å². The van der Waals surface area contributed by atoms with Gasteiger partial charge in [-0.05, 0) is 37.2 Å². The quantitative estimate of drug-likeness (QED) is 0.614. The number of aliphatic hydroxyl groups is 2. The number of aliphatic hydroxyl groups excluding tert-OH is 2. The molecule has 0 fully saturated rings. The predicted octanol–water partition coefficient (Wildman–Crippen LogP) is 1.33. The third-order valence-electron chi connectivity index (χ3n) is 2.89. The minimum absolute atomic E-state index is 0.226. The van der Waals surface area contributed by atoms with Crippen molar-refractivity contribution in [3.8, 4) is 0 Å². The van der Waals surface area contributed by atoms with E-state index in [1.165, 1.54) is 0 Å². The van der Waals surface area contributed by atoms with Crippen LogP contribution in [0.1, 0.15) is 26.7 Å². The van der Waals surface area contributed by atoms with E-state index in [1.54, 1.807) is 0 Å². The normalized spacial score (nSPS) is 32.8. The average molecular weight is 170 g/mol. The van der Waals surface area contributed by atoms with Gasteiger partial charge in [-0.1, -0.05) is 13.0 Å². The molecule has 0 saturated heterocycles. The summed E-state index contributed by atoms with van der Waals surface area (Å²) in [6.45, 7) is 4.22. The van der Waals surface area contributed by atoms with Gasteiger partial charge >= 0.3 is 0 Å². The largest absolute Gasteiger partial charge is 0.396 e. The van der Waals surface area contributed by atoms with E-state index in [9.17, 15) is 5.11 Å². The molecule has 0 aromatic heterocycles. The second-order valence-corrected chi connectivity index (χ2v) is 3.86. The molecule has 2 nitrogen and oxygen atoms in total. The summed E-state index contributed by atoms with van der Waals surface area (Å²) >= 11 is 0. The van der Waals surface area contributed by atoms with Crippen molar-refractivity contribution >= 4 is 0 Å². The molecule has 0 unspecified atom stereocenters. The fraction of sp³-hybridized carbons (Fsp3) is 0.800. The maximum absolute atomic E-state index is 9.54. The summed E-state index contributed by atoms with van der Waals surface area (Å²) in [7, 11) is 0.